The van der Waals surface area contributed by atoms with E-state index in [1.165, 1.54) is 0 Å². The van der Waals surface area contributed by atoms with E-state index < -0.39 is 0 Å². The van der Waals surface area contributed by atoms with Crippen molar-refractivity contribution in [2.24, 2.45) is 0 Å². The normalized spacial score (nSPS) is 18.3. The van der Waals surface area contributed by atoms with Gasteiger partial charge in [-0.3, -0.25) is 4.79 Å². The number of fused-ring (bicyclic) bond motifs is 1. The van der Waals surface area contributed by atoms with Gasteiger partial charge in [-0.1, -0.05) is 36.4 Å². The van der Waals surface area contributed by atoms with Gasteiger partial charge in [0.05, 0.1) is 12.6 Å². The van der Waals surface area contributed by atoms with E-state index in [0.717, 1.165) is 35.9 Å². The van der Waals surface area contributed by atoms with Gasteiger partial charge in [-0.15, -0.1) is 0 Å². The Labute approximate surface area is 118 Å². The predicted octanol–water partition coefficient (Wildman–Crippen LogP) is 2.93. The van der Waals surface area contributed by atoms with Crippen LogP contribution < -0.4 is 10.1 Å². The van der Waals surface area contributed by atoms with Crippen molar-refractivity contribution in [3.05, 3.63) is 42.5 Å². The van der Waals surface area contributed by atoms with Crippen molar-refractivity contribution < 1.29 is 9.53 Å². The second-order valence-electron chi connectivity index (χ2n) is 5.19. The average Bonchev–Trinajstić information content (AvgIpc) is 3.02. The number of benzene rings is 2. The van der Waals surface area contributed by atoms with Crippen LogP contribution in [0.15, 0.2) is 42.5 Å². The molecule has 3 rings (SSSR count). The Hall–Kier alpha value is -1.87. The molecule has 1 unspecified atom stereocenters. The number of nitrogens with one attached hydrogen (secondary N) is 1. The number of carbonyl (C=O) groups excluding carboxylic acids is 1. The van der Waals surface area contributed by atoms with Crippen LogP contribution in [-0.4, -0.2) is 25.0 Å². The van der Waals surface area contributed by atoms with E-state index in [-0.39, 0.29) is 11.8 Å². The first-order valence-corrected chi connectivity index (χ1v) is 7.21. The number of Topliss-reactive ketones (excluding diaryl/α,β-unsaturated/α-hetero) is 1. The van der Waals surface area contributed by atoms with Crippen molar-refractivity contribution in [3.8, 4) is 5.75 Å². The summed E-state index contributed by atoms with van der Waals surface area (Å²) in [5, 5.41) is 5.49. The fraction of sp³-hybridized carbons (Fsp3) is 0.353. The second-order valence-corrected chi connectivity index (χ2v) is 5.19. The topological polar surface area (TPSA) is 38.3 Å². The van der Waals surface area contributed by atoms with Crippen LogP contribution in [0.4, 0.5) is 0 Å². The van der Waals surface area contributed by atoms with Gasteiger partial charge in [0, 0.05) is 11.8 Å². The molecule has 0 bridgehead atoms. The third-order valence-electron chi connectivity index (χ3n) is 3.80. The van der Waals surface area contributed by atoms with E-state index in [0.29, 0.717) is 13.0 Å². The van der Waals surface area contributed by atoms with Gasteiger partial charge in [0.2, 0.25) is 0 Å². The highest BCUT2D eigenvalue weighted by Crippen LogP contribution is 2.25. The minimum Gasteiger partial charge on any atom is -0.492 e. The van der Waals surface area contributed by atoms with E-state index in [1.807, 2.05) is 30.3 Å². The number of hydrogen-bond acceptors (Lipinski definition) is 3. The summed E-state index contributed by atoms with van der Waals surface area (Å²) >= 11 is 0. The summed E-state index contributed by atoms with van der Waals surface area (Å²) in [6, 6.07) is 14.2. The van der Waals surface area contributed by atoms with E-state index in [1.54, 1.807) is 0 Å². The molecule has 0 spiro atoms. The Morgan fingerprint density at radius 3 is 2.90 bits per heavy atom. The Bertz CT molecular complexity index is 597. The molecule has 3 nitrogen and oxygen atoms in total. The lowest BCUT2D eigenvalue weighted by Crippen LogP contribution is -2.31. The highest BCUT2D eigenvalue weighted by Gasteiger charge is 2.21. The number of hydrogen-bond donors (Lipinski definition) is 1. The smallest absolute Gasteiger partial charge is 0.153 e. The first kappa shape index (κ1) is 13.1. The van der Waals surface area contributed by atoms with Crippen molar-refractivity contribution in [2.45, 2.75) is 25.3 Å². The fourth-order valence-corrected chi connectivity index (χ4v) is 2.72. The maximum Gasteiger partial charge on any atom is 0.153 e. The molecule has 2 aromatic carbocycles. The van der Waals surface area contributed by atoms with Crippen LogP contribution in [0.3, 0.4) is 0 Å². The molecule has 1 atom stereocenters. The molecule has 1 heterocycles. The SMILES string of the molecule is O=C(CCOc1cccc2ccccc12)C1CCCN1. The van der Waals surface area contributed by atoms with Crippen molar-refractivity contribution in [2.75, 3.05) is 13.2 Å². The van der Waals surface area contributed by atoms with Crippen molar-refractivity contribution in [3.63, 3.8) is 0 Å². The van der Waals surface area contributed by atoms with Crippen LogP contribution in [0.25, 0.3) is 10.8 Å². The van der Waals surface area contributed by atoms with Crippen molar-refractivity contribution >= 4 is 16.6 Å². The fourth-order valence-electron chi connectivity index (χ4n) is 2.72. The first-order valence-electron chi connectivity index (χ1n) is 7.21. The first-order chi connectivity index (χ1) is 9.84. The highest BCUT2D eigenvalue weighted by molar-refractivity contribution is 5.88. The number of rotatable bonds is 5. The predicted molar refractivity (Wildman–Crippen MR) is 80.1 cm³/mol. The zero-order chi connectivity index (χ0) is 13.8. The molecule has 20 heavy (non-hydrogen) atoms. The summed E-state index contributed by atoms with van der Waals surface area (Å²) in [5.74, 6) is 1.12. The van der Waals surface area contributed by atoms with Gasteiger partial charge >= 0.3 is 0 Å². The third-order valence-corrected chi connectivity index (χ3v) is 3.80. The lowest BCUT2D eigenvalue weighted by molar-refractivity contribution is -0.121. The van der Waals surface area contributed by atoms with Crippen molar-refractivity contribution in [1.82, 2.24) is 5.32 Å². The molecule has 2 aromatic rings. The monoisotopic (exact) mass is 269 g/mol. The molecule has 1 saturated heterocycles. The summed E-state index contributed by atoms with van der Waals surface area (Å²) in [5.41, 5.74) is 0. The Kier molecular flexibility index (Phi) is 3.97. The standard InChI is InChI=1S/C17H19NO2/c19-16(15-8-4-11-18-15)10-12-20-17-9-3-6-13-5-1-2-7-14(13)17/h1-3,5-7,9,15,18H,4,8,10-12H2. The molecular formula is C17H19NO2. The summed E-state index contributed by atoms with van der Waals surface area (Å²) in [4.78, 5) is 12.0. The Balaban J connectivity index is 1.61. The van der Waals surface area contributed by atoms with Gasteiger partial charge in [0.1, 0.15) is 5.75 Å². The molecule has 0 saturated carbocycles. The molecule has 3 heteroatoms. The summed E-state index contributed by atoms with van der Waals surface area (Å²) < 4.78 is 5.80. The number of ether oxygens (including phenoxy) is 1. The molecule has 0 aliphatic carbocycles. The van der Waals surface area contributed by atoms with Gasteiger partial charge in [-0.25, -0.2) is 0 Å². The van der Waals surface area contributed by atoms with Crippen LogP contribution in [0.5, 0.6) is 5.75 Å². The molecular weight excluding hydrogens is 250 g/mol. The second kappa shape index (κ2) is 6.06. The van der Waals surface area contributed by atoms with Crippen LogP contribution in [0.2, 0.25) is 0 Å². The molecule has 0 amide bonds. The molecule has 1 N–H and O–H groups in total. The average molecular weight is 269 g/mol. The van der Waals surface area contributed by atoms with E-state index in [2.05, 4.69) is 17.4 Å². The highest BCUT2D eigenvalue weighted by atomic mass is 16.5. The third kappa shape index (κ3) is 2.83. The van der Waals surface area contributed by atoms with Crippen LogP contribution in [0.1, 0.15) is 19.3 Å². The maximum atomic E-state index is 12.0. The van der Waals surface area contributed by atoms with E-state index in [4.69, 9.17) is 4.74 Å². The van der Waals surface area contributed by atoms with Gasteiger partial charge in [0.25, 0.3) is 0 Å². The van der Waals surface area contributed by atoms with Gasteiger partial charge in [-0.2, -0.15) is 0 Å². The molecule has 1 aliphatic rings. The summed E-state index contributed by atoms with van der Waals surface area (Å²) in [6.45, 7) is 1.41. The molecule has 0 aromatic heterocycles. The summed E-state index contributed by atoms with van der Waals surface area (Å²) in [6.07, 6.45) is 2.54. The lowest BCUT2D eigenvalue weighted by Gasteiger charge is -2.11. The minimum atomic E-state index is 0.0473. The van der Waals surface area contributed by atoms with E-state index >= 15 is 0 Å². The molecule has 104 valence electrons. The largest absolute Gasteiger partial charge is 0.492 e. The summed E-state index contributed by atoms with van der Waals surface area (Å²) in [7, 11) is 0. The molecule has 1 aliphatic heterocycles. The van der Waals surface area contributed by atoms with Gasteiger partial charge in [-0.05, 0) is 30.8 Å². The lowest BCUT2D eigenvalue weighted by atomic mass is 10.1. The van der Waals surface area contributed by atoms with Crippen LogP contribution >= 0.6 is 0 Å². The Morgan fingerprint density at radius 1 is 1.20 bits per heavy atom. The minimum absolute atomic E-state index is 0.0473. The number of carbonyl (C=O) groups is 1. The number of ketones is 1. The quantitative estimate of drug-likeness (QED) is 0.907. The zero-order valence-corrected chi connectivity index (χ0v) is 11.5. The zero-order valence-electron chi connectivity index (χ0n) is 11.5. The molecule has 0 radical (unpaired) electrons. The maximum absolute atomic E-state index is 12.0. The Morgan fingerprint density at radius 2 is 2.05 bits per heavy atom. The van der Waals surface area contributed by atoms with Crippen molar-refractivity contribution in [1.29, 1.82) is 0 Å². The van der Waals surface area contributed by atoms with Crippen LogP contribution in [0, 0.1) is 0 Å². The van der Waals surface area contributed by atoms with Crippen LogP contribution in [-0.2, 0) is 4.79 Å². The van der Waals surface area contributed by atoms with Gasteiger partial charge in [0.15, 0.2) is 5.78 Å². The van der Waals surface area contributed by atoms with E-state index in [9.17, 15) is 4.79 Å². The van der Waals surface area contributed by atoms with Gasteiger partial charge < -0.3 is 10.1 Å². The molecule has 1 fully saturated rings.